The topological polar surface area (TPSA) is 42.9 Å². The van der Waals surface area contributed by atoms with E-state index in [9.17, 15) is 0 Å². The van der Waals surface area contributed by atoms with E-state index in [4.69, 9.17) is 14.5 Å². The summed E-state index contributed by atoms with van der Waals surface area (Å²) in [4.78, 5) is 4.72. The number of nitrogens with one attached hydrogen (secondary N) is 1. The lowest BCUT2D eigenvalue weighted by atomic mass is 9.89. The first-order valence-electron chi connectivity index (χ1n) is 6.97. The molecule has 3 rings (SSSR count). The second kappa shape index (κ2) is 5.80. The molecule has 0 aromatic rings. The third-order valence-corrected chi connectivity index (χ3v) is 5.41. The van der Waals surface area contributed by atoms with Crippen molar-refractivity contribution in [3.8, 4) is 0 Å². The average molecular weight is 270 g/mol. The first-order valence-corrected chi connectivity index (χ1v) is 7.95. The molecule has 18 heavy (non-hydrogen) atoms. The molecule has 1 atom stereocenters. The van der Waals surface area contributed by atoms with Crippen LogP contribution in [0.2, 0.25) is 0 Å². The fraction of sp³-hybridized carbons (Fsp3) is 0.923. The van der Waals surface area contributed by atoms with Crippen molar-refractivity contribution in [3.05, 3.63) is 0 Å². The van der Waals surface area contributed by atoms with Gasteiger partial charge in [-0.05, 0) is 18.3 Å². The summed E-state index contributed by atoms with van der Waals surface area (Å²) in [7, 11) is 0. The molecule has 1 N–H and O–H groups in total. The number of amidine groups is 1. The number of aliphatic imine (C=N–C) groups is 1. The summed E-state index contributed by atoms with van der Waals surface area (Å²) in [5, 5.41) is 4.50. The lowest BCUT2D eigenvalue weighted by Gasteiger charge is -2.31. The molecule has 2 heterocycles. The van der Waals surface area contributed by atoms with Gasteiger partial charge in [-0.15, -0.1) is 0 Å². The van der Waals surface area contributed by atoms with Crippen LogP contribution >= 0.6 is 11.8 Å². The van der Waals surface area contributed by atoms with E-state index >= 15 is 0 Å². The molecule has 0 amide bonds. The molecule has 5 heteroatoms. The van der Waals surface area contributed by atoms with Crippen molar-refractivity contribution < 1.29 is 9.47 Å². The van der Waals surface area contributed by atoms with Crippen molar-refractivity contribution in [2.24, 2.45) is 10.4 Å². The Morgan fingerprint density at radius 1 is 1.33 bits per heavy atom. The molecular weight excluding hydrogens is 248 g/mol. The minimum atomic E-state index is 0.185. The van der Waals surface area contributed by atoms with Crippen LogP contribution in [0.1, 0.15) is 25.7 Å². The zero-order valence-corrected chi connectivity index (χ0v) is 11.6. The van der Waals surface area contributed by atoms with E-state index in [2.05, 4.69) is 5.32 Å². The standard InChI is InChI=1S/C13H22N2O2S/c1-2-4-13(3-1)9-15-12(18-10-13)14-7-11-8-16-5-6-17-11/h11H,1-10H2,(H,14,15). The third-order valence-electron chi connectivity index (χ3n) is 4.10. The predicted octanol–water partition coefficient (Wildman–Crippen LogP) is 1.65. The Labute approximate surface area is 113 Å². The molecule has 1 spiro atoms. The van der Waals surface area contributed by atoms with Crippen LogP contribution in [0.15, 0.2) is 4.99 Å². The third kappa shape index (κ3) is 3.00. The summed E-state index contributed by atoms with van der Waals surface area (Å²) >= 11 is 1.89. The average Bonchev–Trinajstić information content (AvgIpc) is 2.88. The summed E-state index contributed by atoms with van der Waals surface area (Å²) in [5.74, 6) is 1.24. The Bertz CT molecular complexity index is 310. The fourth-order valence-corrected chi connectivity index (χ4v) is 4.11. The van der Waals surface area contributed by atoms with Crippen molar-refractivity contribution in [2.75, 3.05) is 38.7 Å². The van der Waals surface area contributed by atoms with Crippen LogP contribution in [0, 0.1) is 5.41 Å². The van der Waals surface area contributed by atoms with E-state index in [1.165, 1.54) is 31.4 Å². The van der Waals surface area contributed by atoms with E-state index in [-0.39, 0.29) is 6.10 Å². The van der Waals surface area contributed by atoms with Gasteiger partial charge in [-0.1, -0.05) is 24.6 Å². The van der Waals surface area contributed by atoms with Crippen molar-refractivity contribution in [1.82, 2.24) is 5.32 Å². The van der Waals surface area contributed by atoms with Gasteiger partial charge in [-0.3, -0.25) is 4.99 Å². The Morgan fingerprint density at radius 3 is 2.89 bits per heavy atom. The monoisotopic (exact) mass is 270 g/mol. The SMILES string of the molecule is C1CCC2(C1)CN=C(NCC1COCCO1)SC2. The van der Waals surface area contributed by atoms with E-state index in [0.717, 1.165) is 31.5 Å². The van der Waals surface area contributed by atoms with Crippen LogP contribution in [-0.2, 0) is 9.47 Å². The van der Waals surface area contributed by atoms with Crippen LogP contribution in [0.3, 0.4) is 0 Å². The molecule has 4 nitrogen and oxygen atoms in total. The molecule has 2 aliphatic heterocycles. The van der Waals surface area contributed by atoms with Gasteiger partial charge in [0.2, 0.25) is 0 Å². The van der Waals surface area contributed by atoms with Crippen molar-refractivity contribution >= 4 is 16.9 Å². The summed E-state index contributed by atoms with van der Waals surface area (Å²) < 4.78 is 11.0. The second-order valence-electron chi connectivity index (χ2n) is 5.57. The first kappa shape index (κ1) is 12.8. The van der Waals surface area contributed by atoms with Crippen molar-refractivity contribution in [3.63, 3.8) is 0 Å². The lowest BCUT2D eigenvalue weighted by Crippen LogP contribution is -2.41. The van der Waals surface area contributed by atoms with Crippen molar-refractivity contribution in [1.29, 1.82) is 0 Å². The van der Waals surface area contributed by atoms with Gasteiger partial charge < -0.3 is 14.8 Å². The van der Waals surface area contributed by atoms with E-state index in [0.29, 0.717) is 12.0 Å². The zero-order valence-electron chi connectivity index (χ0n) is 10.8. The lowest BCUT2D eigenvalue weighted by molar-refractivity contribution is -0.0849. The van der Waals surface area contributed by atoms with Crippen LogP contribution in [-0.4, -0.2) is 49.9 Å². The molecule has 1 saturated heterocycles. The van der Waals surface area contributed by atoms with Crippen LogP contribution in [0.4, 0.5) is 0 Å². The Kier molecular flexibility index (Phi) is 4.11. The molecule has 0 aromatic heterocycles. The Morgan fingerprint density at radius 2 is 2.22 bits per heavy atom. The molecule has 2 fully saturated rings. The molecule has 102 valence electrons. The smallest absolute Gasteiger partial charge is 0.156 e. The maximum atomic E-state index is 5.61. The van der Waals surface area contributed by atoms with Crippen LogP contribution in [0.25, 0.3) is 0 Å². The van der Waals surface area contributed by atoms with Gasteiger partial charge in [0.25, 0.3) is 0 Å². The van der Waals surface area contributed by atoms with Crippen LogP contribution in [0.5, 0.6) is 0 Å². The zero-order chi connectivity index (χ0) is 12.3. The summed E-state index contributed by atoms with van der Waals surface area (Å²) in [6.07, 6.45) is 5.72. The second-order valence-corrected chi connectivity index (χ2v) is 6.53. The van der Waals surface area contributed by atoms with Gasteiger partial charge in [-0.2, -0.15) is 0 Å². The molecule has 1 unspecified atom stereocenters. The van der Waals surface area contributed by atoms with Gasteiger partial charge in [0, 0.05) is 18.8 Å². The molecular formula is C13H22N2O2S. The van der Waals surface area contributed by atoms with E-state index in [1.807, 2.05) is 11.8 Å². The molecule has 1 saturated carbocycles. The van der Waals surface area contributed by atoms with Crippen LogP contribution < -0.4 is 5.32 Å². The highest BCUT2D eigenvalue weighted by Crippen LogP contribution is 2.43. The van der Waals surface area contributed by atoms with Gasteiger partial charge in [0.1, 0.15) is 0 Å². The highest BCUT2D eigenvalue weighted by atomic mass is 32.2. The number of nitrogens with zero attached hydrogens (tertiary/aromatic N) is 1. The summed E-state index contributed by atoms with van der Waals surface area (Å²) in [5.41, 5.74) is 0.528. The summed E-state index contributed by atoms with van der Waals surface area (Å²) in [6.45, 7) is 3.99. The number of thioether (sulfide) groups is 1. The van der Waals surface area contributed by atoms with Gasteiger partial charge >= 0.3 is 0 Å². The van der Waals surface area contributed by atoms with Gasteiger partial charge in [0.15, 0.2) is 5.17 Å². The number of hydrogen-bond acceptors (Lipinski definition) is 5. The highest BCUT2D eigenvalue weighted by molar-refractivity contribution is 8.13. The molecule has 1 aliphatic carbocycles. The Hall–Kier alpha value is -0.260. The van der Waals surface area contributed by atoms with E-state index < -0.39 is 0 Å². The maximum absolute atomic E-state index is 5.61. The number of rotatable bonds is 2. The quantitative estimate of drug-likeness (QED) is 0.828. The number of ether oxygens (including phenoxy) is 2. The predicted molar refractivity (Wildman–Crippen MR) is 74.2 cm³/mol. The normalized spacial score (nSPS) is 31.3. The highest BCUT2D eigenvalue weighted by Gasteiger charge is 2.36. The summed E-state index contributed by atoms with van der Waals surface area (Å²) in [6, 6.07) is 0. The molecule has 3 aliphatic rings. The van der Waals surface area contributed by atoms with Gasteiger partial charge in [-0.25, -0.2) is 0 Å². The molecule has 0 aromatic carbocycles. The number of hydrogen-bond donors (Lipinski definition) is 1. The first-order chi connectivity index (χ1) is 8.86. The van der Waals surface area contributed by atoms with E-state index in [1.54, 1.807) is 0 Å². The molecule has 0 bridgehead atoms. The fourth-order valence-electron chi connectivity index (χ4n) is 2.94. The maximum Gasteiger partial charge on any atom is 0.156 e. The minimum Gasteiger partial charge on any atom is -0.376 e. The van der Waals surface area contributed by atoms with Crippen molar-refractivity contribution in [2.45, 2.75) is 31.8 Å². The minimum absolute atomic E-state index is 0.185. The van der Waals surface area contributed by atoms with Gasteiger partial charge in [0.05, 0.1) is 25.9 Å². The molecule has 0 radical (unpaired) electrons. The Balaban J connectivity index is 1.45. The largest absolute Gasteiger partial charge is 0.376 e.